The summed E-state index contributed by atoms with van der Waals surface area (Å²) in [7, 11) is 5.13. The second kappa shape index (κ2) is 7.47. The molecule has 0 aliphatic carbocycles. The smallest absolute Gasteiger partial charge is 0.329 e. The van der Waals surface area contributed by atoms with Crippen LogP contribution in [-0.2, 0) is 24.9 Å². The second-order valence-electron chi connectivity index (χ2n) is 7.21. The van der Waals surface area contributed by atoms with E-state index in [-0.39, 0.29) is 18.1 Å². The molecule has 6 nitrogen and oxygen atoms in total. The van der Waals surface area contributed by atoms with Gasteiger partial charge in [0.05, 0.1) is 18.1 Å². The molecule has 4 aromatic rings. The van der Waals surface area contributed by atoms with Crippen LogP contribution in [0.3, 0.4) is 0 Å². The number of aryl methyl sites for hydroxylation is 1. The lowest BCUT2D eigenvalue weighted by Crippen LogP contribution is -2.33. The van der Waals surface area contributed by atoms with Crippen molar-refractivity contribution in [2.24, 2.45) is 7.05 Å². The topological polar surface area (TPSA) is 56.5 Å². The molecule has 0 radical (unpaired) electrons. The fourth-order valence-corrected chi connectivity index (χ4v) is 3.63. The number of amides is 1. The summed E-state index contributed by atoms with van der Waals surface area (Å²) in [5.41, 5.74) is 2.43. The van der Waals surface area contributed by atoms with Crippen molar-refractivity contribution in [3.05, 3.63) is 76.7 Å². The van der Waals surface area contributed by atoms with Crippen LogP contribution in [0.25, 0.3) is 21.8 Å². The highest BCUT2D eigenvalue weighted by atomic mass is 16.5. The Hall–Kier alpha value is -3.54. The predicted molar refractivity (Wildman–Crippen MR) is 114 cm³/mol. The summed E-state index contributed by atoms with van der Waals surface area (Å²) in [6.07, 6.45) is 0. The van der Waals surface area contributed by atoms with E-state index in [4.69, 9.17) is 4.74 Å². The Kier molecular flexibility index (Phi) is 4.84. The van der Waals surface area contributed by atoms with Crippen molar-refractivity contribution >= 4 is 27.7 Å². The summed E-state index contributed by atoms with van der Waals surface area (Å²) in [4.78, 5) is 27.0. The maximum absolute atomic E-state index is 12.8. The van der Waals surface area contributed by atoms with Gasteiger partial charge in [-0.3, -0.25) is 13.9 Å². The molecule has 1 amide bonds. The molecule has 0 saturated carbocycles. The van der Waals surface area contributed by atoms with Crippen LogP contribution in [-0.4, -0.2) is 34.1 Å². The first-order valence-electron chi connectivity index (χ1n) is 9.43. The summed E-state index contributed by atoms with van der Waals surface area (Å²) in [5.74, 6) is 0.705. The van der Waals surface area contributed by atoms with Gasteiger partial charge in [-0.15, -0.1) is 0 Å². The molecule has 0 atom stereocenters. The lowest BCUT2D eigenvalue weighted by atomic mass is 10.1. The zero-order valence-corrected chi connectivity index (χ0v) is 16.8. The number of para-hydroxylation sites is 2. The standard InChI is InChI=1S/C23H23N3O3/c1-24(14-16-8-9-18-13-19(29-3)11-10-17(18)12-16)22(27)15-26-21-7-5-4-6-20(21)25(2)23(26)28/h4-13H,14-15H2,1-3H3. The number of fused-ring (bicyclic) bond motifs is 2. The van der Waals surface area contributed by atoms with E-state index in [0.29, 0.717) is 6.54 Å². The maximum Gasteiger partial charge on any atom is 0.329 e. The van der Waals surface area contributed by atoms with Crippen LogP contribution >= 0.6 is 0 Å². The average Bonchev–Trinajstić information content (AvgIpc) is 2.98. The summed E-state index contributed by atoms with van der Waals surface area (Å²) < 4.78 is 8.36. The van der Waals surface area contributed by atoms with Crippen molar-refractivity contribution in [3.63, 3.8) is 0 Å². The van der Waals surface area contributed by atoms with Crippen molar-refractivity contribution in [3.8, 4) is 5.75 Å². The zero-order valence-electron chi connectivity index (χ0n) is 16.8. The summed E-state index contributed by atoms with van der Waals surface area (Å²) >= 11 is 0. The number of carbonyl (C=O) groups excluding carboxylic acids is 1. The molecule has 0 aliphatic rings. The van der Waals surface area contributed by atoms with Gasteiger partial charge >= 0.3 is 5.69 Å². The fraction of sp³-hybridized carbons (Fsp3) is 0.217. The van der Waals surface area contributed by atoms with Gasteiger partial charge < -0.3 is 9.64 Å². The highest BCUT2D eigenvalue weighted by molar-refractivity contribution is 5.85. The quantitative estimate of drug-likeness (QED) is 0.527. The van der Waals surface area contributed by atoms with Crippen LogP contribution in [0.1, 0.15) is 5.56 Å². The maximum atomic E-state index is 12.8. The molecule has 0 saturated heterocycles. The largest absolute Gasteiger partial charge is 0.497 e. The summed E-state index contributed by atoms with van der Waals surface area (Å²) in [6.45, 7) is 0.488. The van der Waals surface area contributed by atoms with E-state index < -0.39 is 0 Å². The highest BCUT2D eigenvalue weighted by Crippen LogP contribution is 2.22. The van der Waals surface area contributed by atoms with E-state index in [1.54, 1.807) is 30.7 Å². The number of carbonyl (C=O) groups is 1. The van der Waals surface area contributed by atoms with Gasteiger partial charge in [0.15, 0.2) is 0 Å². The van der Waals surface area contributed by atoms with Gasteiger partial charge in [0.25, 0.3) is 0 Å². The number of methoxy groups -OCH3 is 1. The molecule has 29 heavy (non-hydrogen) atoms. The normalized spacial score (nSPS) is 11.1. The molecule has 0 aliphatic heterocycles. The van der Waals surface area contributed by atoms with Gasteiger partial charge in [0.2, 0.25) is 5.91 Å². The Balaban J connectivity index is 1.54. The van der Waals surface area contributed by atoms with Crippen molar-refractivity contribution in [1.82, 2.24) is 14.0 Å². The van der Waals surface area contributed by atoms with Gasteiger partial charge in [-0.05, 0) is 46.7 Å². The van der Waals surface area contributed by atoms with E-state index in [9.17, 15) is 9.59 Å². The van der Waals surface area contributed by atoms with Crippen molar-refractivity contribution < 1.29 is 9.53 Å². The minimum atomic E-state index is -0.187. The van der Waals surface area contributed by atoms with Crippen LogP contribution in [0.5, 0.6) is 5.75 Å². The predicted octanol–water partition coefficient (Wildman–Crippen LogP) is 3.16. The molecular weight excluding hydrogens is 366 g/mol. The van der Waals surface area contributed by atoms with Crippen LogP contribution in [0.2, 0.25) is 0 Å². The number of ether oxygens (including phenoxy) is 1. The van der Waals surface area contributed by atoms with E-state index in [1.165, 1.54) is 4.57 Å². The summed E-state index contributed by atoms with van der Waals surface area (Å²) in [6, 6.07) is 19.5. The third-order valence-electron chi connectivity index (χ3n) is 5.30. The number of hydrogen-bond acceptors (Lipinski definition) is 3. The SMILES string of the molecule is COc1ccc2cc(CN(C)C(=O)Cn3c(=O)n(C)c4ccccc43)ccc2c1. The average molecular weight is 389 g/mol. The van der Waals surface area contributed by atoms with E-state index in [2.05, 4.69) is 6.07 Å². The van der Waals surface area contributed by atoms with Crippen LogP contribution in [0, 0.1) is 0 Å². The lowest BCUT2D eigenvalue weighted by molar-refractivity contribution is -0.131. The number of nitrogens with zero attached hydrogens (tertiary/aromatic N) is 3. The number of likely N-dealkylation sites (N-methyl/N-ethyl adjacent to an activating group) is 1. The Morgan fingerprint density at radius 1 is 1.00 bits per heavy atom. The van der Waals surface area contributed by atoms with E-state index in [1.807, 2.05) is 54.6 Å². The molecule has 1 heterocycles. The number of aromatic nitrogens is 2. The first-order valence-corrected chi connectivity index (χ1v) is 9.43. The lowest BCUT2D eigenvalue weighted by Gasteiger charge is -2.18. The molecule has 0 N–H and O–H groups in total. The highest BCUT2D eigenvalue weighted by Gasteiger charge is 2.16. The number of benzene rings is 3. The molecule has 0 bridgehead atoms. The number of rotatable bonds is 5. The molecule has 1 aromatic heterocycles. The third-order valence-corrected chi connectivity index (χ3v) is 5.30. The van der Waals surface area contributed by atoms with Crippen LogP contribution in [0.4, 0.5) is 0 Å². The van der Waals surface area contributed by atoms with Gasteiger partial charge in [0, 0.05) is 20.6 Å². The van der Waals surface area contributed by atoms with Crippen molar-refractivity contribution in [2.75, 3.05) is 14.2 Å². The van der Waals surface area contributed by atoms with Gasteiger partial charge in [-0.25, -0.2) is 4.79 Å². The fourth-order valence-electron chi connectivity index (χ4n) is 3.63. The van der Waals surface area contributed by atoms with E-state index in [0.717, 1.165) is 33.1 Å². The monoisotopic (exact) mass is 389 g/mol. The Morgan fingerprint density at radius 2 is 1.69 bits per heavy atom. The molecule has 0 spiro atoms. The molecule has 6 heteroatoms. The first kappa shape index (κ1) is 18.8. The van der Waals surface area contributed by atoms with Crippen molar-refractivity contribution in [1.29, 1.82) is 0 Å². The van der Waals surface area contributed by atoms with Gasteiger partial charge in [-0.2, -0.15) is 0 Å². The number of hydrogen-bond donors (Lipinski definition) is 0. The first-order chi connectivity index (χ1) is 14.0. The molecule has 0 unspecified atom stereocenters. The minimum Gasteiger partial charge on any atom is -0.497 e. The van der Waals surface area contributed by atoms with Crippen LogP contribution < -0.4 is 10.4 Å². The molecule has 4 rings (SSSR count). The Labute approximate surface area is 168 Å². The number of imidazole rings is 1. The second-order valence-corrected chi connectivity index (χ2v) is 7.21. The Bertz CT molecular complexity index is 1270. The van der Waals surface area contributed by atoms with Gasteiger partial charge in [-0.1, -0.05) is 30.3 Å². The van der Waals surface area contributed by atoms with Crippen molar-refractivity contribution in [2.45, 2.75) is 13.1 Å². The molecule has 3 aromatic carbocycles. The molecule has 0 fully saturated rings. The van der Waals surface area contributed by atoms with Gasteiger partial charge in [0.1, 0.15) is 12.3 Å². The molecular formula is C23H23N3O3. The third kappa shape index (κ3) is 3.49. The Morgan fingerprint density at radius 3 is 2.45 bits per heavy atom. The molecule has 148 valence electrons. The summed E-state index contributed by atoms with van der Waals surface area (Å²) in [5, 5.41) is 2.18. The van der Waals surface area contributed by atoms with E-state index >= 15 is 0 Å². The minimum absolute atomic E-state index is 0.0153. The zero-order chi connectivity index (χ0) is 20.5. The van der Waals surface area contributed by atoms with Crippen LogP contribution in [0.15, 0.2) is 65.5 Å².